The van der Waals surface area contributed by atoms with Crippen molar-refractivity contribution in [2.75, 3.05) is 18.9 Å². The molecule has 1 atom stereocenters. The van der Waals surface area contributed by atoms with Gasteiger partial charge in [0.05, 0.1) is 23.2 Å². The van der Waals surface area contributed by atoms with E-state index in [1.165, 1.54) is 0 Å². The van der Waals surface area contributed by atoms with Crippen LogP contribution in [0.4, 0.5) is 10.5 Å². The average molecular weight is 316 g/mol. The Morgan fingerprint density at radius 2 is 2.09 bits per heavy atom. The summed E-state index contributed by atoms with van der Waals surface area (Å²) in [5.74, 6) is 0. The van der Waals surface area contributed by atoms with E-state index in [0.29, 0.717) is 18.7 Å². The number of carbonyl (C=O) groups excluding carboxylic acids is 1. The summed E-state index contributed by atoms with van der Waals surface area (Å²) in [7, 11) is 1.71. The number of nitrogens with one attached hydrogen (secondary N) is 1. The van der Waals surface area contributed by atoms with Gasteiger partial charge >= 0.3 is 6.03 Å². The average Bonchev–Trinajstić information content (AvgIpc) is 2.83. The summed E-state index contributed by atoms with van der Waals surface area (Å²) in [6.45, 7) is 6.12. The van der Waals surface area contributed by atoms with E-state index >= 15 is 0 Å². The van der Waals surface area contributed by atoms with E-state index in [1.54, 1.807) is 18.9 Å². The molecule has 0 fully saturated rings. The number of hydrogen-bond acceptors (Lipinski definition) is 3. The first-order chi connectivity index (χ1) is 10.9. The molecule has 2 amide bonds. The van der Waals surface area contributed by atoms with Gasteiger partial charge in [0.2, 0.25) is 0 Å². The smallest absolute Gasteiger partial charge is 0.321 e. The van der Waals surface area contributed by atoms with Crippen LogP contribution < -0.4 is 5.32 Å². The lowest BCUT2D eigenvalue weighted by Crippen LogP contribution is -2.33. The number of rotatable bonds is 5. The summed E-state index contributed by atoms with van der Waals surface area (Å²) in [6, 6.07) is 9.35. The molecular weight excluding hydrogens is 292 g/mol. The van der Waals surface area contributed by atoms with E-state index in [0.717, 1.165) is 17.1 Å². The molecule has 0 saturated carbocycles. The van der Waals surface area contributed by atoms with Gasteiger partial charge in [0.15, 0.2) is 0 Å². The second-order valence-electron chi connectivity index (χ2n) is 5.85. The molecule has 6 heteroatoms. The minimum atomic E-state index is -0.424. The summed E-state index contributed by atoms with van der Waals surface area (Å²) >= 11 is 0. The monoisotopic (exact) mass is 316 g/mol. The first-order valence-electron chi connectivity index (χ1n) is 7.71. The van der Waals surface area contributed by atoms with Crippen LogP contribution >= 0.6 is 0 Å². The van der Waals surface area contributed by atoms with Crippen molar-refractivity contribution in [3.8, 4) is 5.69 Å². The Labute approximate surface area is 136 Å². The fourth-order valence-electron chi connectivity index (χ4n) is 2.33. The Hall–Kier alpha value is -2.34. The minimum absolute atomic E-state index is 0.209. The van der Waals surface area contributed by atoms with Crippen molar-refractivity contribution in [1.29, 1.82) is 0 Å². The lowest BCUT2D eigenvalue weighted by molar-refractivity contribution is 0.167. The molecule has 0 radical (unpaired) electrons. The number of para-hydroxylation sites is 2. The molecule has 0 aliphatic heterocycles. The molecule has 1 heterocycles. The molecule has 1 aromatic carbocycles. The fraction of sp³-hybridized carbons (Fsp3) is 0.412. The van der Waals surface area contributed by atoms with Crippen LogP contribution in [0.2, 0.25) is 0 Å². The van der Waals surface area contributed by atoms with Crippen LogP contribution in [0.1, 0.15) is 24.7 Å². The van der Waals surface area contributed by atoms with Crippen LogP contribution in [0.15, 0.2) is 30.3 Å². The summed E-state index contributed by atoms with van der Waals surface area (Å²) in [5.41, 5.74) is 3.47. The lowest BCUT2D eigenvalue weighted by atomic mass is 10.2. The first kappa shape index (κ1) is 17.0. The molecular formula is C17H24N4O2. The quantitative estimate of drug-likeness (QED) is 0.891. The number of aliphatic hydroxyl groups excluding tert-OH is 1. The zero-order valence-electron chi connectivity index (χ0n) is 14.1. The number of amides is 2. The maximum absolute atomic E-state index is 12.3. The lowest BCUT2D eigenvalue weighted by Gasteiger charge is -2.20. The van der Waals surface area contributed by atoms with E-state index in [2.05, 4.69) is 10.4 Å². The Balaban J connectivity index is 2.18. The van der Waals surface area contributed by atoms with Gasteiger partial charge in [-0.15, -0.1) is 0 Å². The largest absolute Gasteiger partial charge is 0.393 e. The topological polar surface area (TPSA) is 70.4 Å². The van der Waals surface area contributed by atoms with Gasteiger partial charge in [-0.3, -0.25) is 0 Å². The van der Waals surface area contributed by atoms with Crippen molar-refractivity contribution in [2.45, 2.75) is 33.3 Å². The summed E-state index contributed by atoms with van der Waals surface area (Å²) in [6.07, 6.45) is 0.121. The number of aromatic nitrogens is 2. The number of aliphatic hydroxyl groups is 1. The summed E-state index contributed by atoms with van der Waals surface area (Å²) in [4.78, 5) is 13.9. The third-order valence-corrected chi connectivity index (χ3v) is 3.61. The van der Waals surface area contributed by atoms with Gasteiger partial charge in [0, 0.05) is 19.3 Å². The molecule has 0 spiro atoms. The van der Waals surface area contributed by atoms with Gasteiger partial charge in [0.1, 0.15) is 0 Å². The van der Waals surface area contributed by atoms with Crippen LogP contribution in [-0.4, -0.2) is 45.5 Å². The van der Waals surface area contributed by atoms with Crippen LogP contribution in [0, 0.1) is 13.8 Å². The molecule has 1 unspecified atom stereocenters. The third kappa shape index (κ3) is 4.32. The Morgan fingerprint density at radius 3 is 2.70 bits per heavy atom. The van der Waals surface area contributed by atoms with Crippen molar-refractivity contribution in [2.24, 2.45) is 0 Å². The predicted molar refractivity (Wildman–Crippen MR) is 91.0 cm³/mol. The highest BCUT2D eigenvalue weighted by Crippen LogP contribution is 2.21. The second kappa shape index (κ2) is 7.28. The van der Waals surface area contributed by atoms with Gasteiger partial charge in [0.25, 0.3) is 0 Å². The Kier molecular flexibility index (Phi) is 5.39. The molecule has 0 bridgehead atoms. The standard InChI is InChI=1S/C17H24N4O2/c1-12-11-13(2)21(19-12)16-8-6-5-7-15(16)18-17(23)20(4)10-9-14(3)22/h5-8,11,14,22H,9-10H2,1-4H3,(H,18,23). The van der Waals surface area contributed by atoms with Gasteiger partial charge in [-0.05, 0) is 45.4 Å². The zero-order chi connectivity index (χ0) is 17.0. The van der Waals surface area contributed by atoms with Crippen molar-refractivity contribution in [1.82, 2.24) is 14.7 Å². The molecule has 6 nitrogen and oxygen atoms in total. The number of anilines is 1. The number of benzene rings is 1. The maximum atomic E-state index is 12.3. The molecule has 2 N–H and O–H groups in total. The van der Waals surface area contributed by atoms with E-state index in [9.17, 15) is 9.90 Å². The van der Waals surface area contributed by atoms with Gasteiger partial charge < -0.3 is 15.3 Å². The molecule has 0 aliphatic carbocycles. The van der Waals surface area contributed by atoms with E-state index < -0.39 is 6.10 Å². The highest BCUT2D eigenvalue weighted by molar-refractivity contribution is 5.91. The Morgan fingerprint density at radius 1 is 1.39 bits per heavy atom. The highest BCUT2D eigenvalue weighted by Gasteiger charge is 2.14. The van der Waals surface area contributed by atoms with Crippen LogP contribution in [0.5, 0.6) is 0 Å². The van der Waals surface area contributed by atoms with Crippen LogP contribution in [0.25, 0.3) is 5.69 Å². The van der Waals surface area contributed by atoms with E-state index in [-0.39, 0.29) is 6.03 Å². The van der Waals surface area contributed by atoms with Gasteiger partial charge in [-0.1, -0.05) is 12.1 Å². The molecule has 0 aliphatic rings. The summed E-state index contributed by atoms with van der Waals surface area (Å²) in [5, 5.41) is 16.7. The number of nitrogens with zero attached hydrogens (tertiary/aromatic N) is 3. The Bertz CT molecular complexity index is 679. The molecule has 2 aromatic rings. The third-order valence-electron chi connectivity index (χ3n) is 3.61. The SMILES string of the molecule is Cc1cc(C)n(-c2ccccc2NC(=O)N(C)CCC(C)O)n1. The molecule has 124 valence electrons. The number of urea groups is 1. The van der Waals surface area contributed by atoms with Crippen molar-refractivity contribution in [3.63, 3.8) is 0 Å². The van der Waals surface area contributed by atoms with Crippen molar-refractivity contribution < 1.29 is 9.90 Å². The van der Waals surface area contributed by atoms with Gasteiger partial charge in [-0.2, -0.15) is 5.10 Å². The first-order valence-corrected chi connectivity index (χ1v) is 7.71. The van der Waals surface area contributed by atoms with Gasteiger partial charge in [-0.25, -0.2) is 9.48 Å². The fourth-order valence-corrected chi connectivity index (χ4v) is 2.33. The maximum Gasteiger partial charge on any atom is 0.321 e. The second-order valence-corrected chi connectivity index (χ2v) is 5.85. The minimum Gasteiger partial charge on any atom is -0.393 e. The zero-order valence-corrected chi connectivity index (χ0v) is 14.1. The van der Waals surface area contributed by atoms with E-state index in [1.807, 2.05) is 48.9 Å². The number of aryl methyl sites for hydroxylation is 2. The highest BCUT2D eigenvalue weighted by atomic mass is 16.3. The molecule has 2 rings (SSSR count). The number of carbonyl (C=O) groups is 1. The molecule has 0 saturated heterocycles. The molecule has 23 heavy (non-hydrogen) atoms. The van der Waals surface area contributed by atoms with Crippen molar-refractivity contribution >= 4 is 11.7 Å². The number of hydrogen-bond donors (Lipinski definition) is 2. The molecule has 1 aromatic heterocycles. The summed E-state index contributed by atoms with van der Waals surface area (Å²) < 4.78 is 1.82. The van der Waals surface area contributed by atoms with Crippen LogP contribution in [0.3, 0.4) is 0 Å². The predicted octanol–water partition coefficient (Wildman–Crippen LogP) is 2.72. The van der Waals surface area contributed by atoms with Crippen molar-refractivity contribution in [3.05, 3.63) is 41.7 Å². The van der Waals surface area contributed by atoms with Crippen LogP contribution in [-0.2, 0) is 0 Å². The van der Waals surface area contributed by atoms with E-state index in [4.69, 9.17) is 0 Å². The normalized spacial score (nSPS) is 12.0.